The highest BCUT2D eigenvalue weighted by molar-refractivity contribution is 5.63. The number of nitrogens with zero attached hydrogens (tertiary/aromatic N) is 9. The molecular formula is C78H126N9O3+3. The summed E-state index contributed by atoms with van der Waals surface area (Å²) in [6, 6.07) is 35.2. The van der Waals surface area contributed by atoms with Crippen LogP contribution < -0.4 is 13.4 Å². The number of unbranched alkanes of at least 4 members (excludes halogenated alkanes) is 3. The normalized spacial score (nSPS) is 25.5. The molecule has 0 bridgehead atoms. The summed E-state index contributed by atoms with van der Waals surface area (Å²) < 4.78 is 1.59. The van der Waals surface area contributed by atoms with Crippen LogP contribution in [0.5, 0.6) is 0 Å². The molecule has 3 aliphatic carbocycles. The van der Waals surface area contributed by atoms with Gasteiger partial charge >= 0.3 is 17.8 Å². The van der Waals surface area contributed by atoms with Gasteiger partial charge < -0.3 is 0 Å². The van der Waals surface area contributed by atoms with Crippen LogP contribution in [0.3, 0.4) is 0 Å². The van der Waals surface area contributed by atoms with Gasteiger partial charge in [0.15, 0.2) is 0 Å². The zero-order valence-electron chi connectivity index (χ0n) is 59.6. The van der Waals surface area contributed by atoms with E-state index in [0.717, 1.165) is 153 Å². The van der Waals surface area contributed by atoms with Crippen molar-refractivity contribution in [2.75, 3.05) is 19.6 Å². The first-order chi connectivity index (χ1) is 42.9. The zero-order valence-corrected chi connectivity index (χ0v) is 59.6. The Hall–Kier alpha value is -3.69. The van der Waals surface area contributed by atoms with Gasteiger partial charge in [0.05, 0.1) is 37.9 Å². The molecule has 1 aromatic heterocycles. The molecule has 3 aromatic carbocycles. The van der Waals surface area contributed by atoms with Gasteiger partial charge in [0.1, 0.15) is 35.2 Å². The third-order valence-corrected chi connectivity index (χ3v) is 22.9. The van der Waals surface area contributed by atoms with Gasteiger partial charge in [0.25, 0.3) is 0 Å². The fourth-order valence-corrected chi connectivity index (χ4v) is 19.3. The van der Waals surface area contributed by atoms with Crippen LogP contribution in [0, 0.1) is 0 Å². The molecule has 6 aliphatic rings. The van der Waals surface area contributed by atoms with E-state index in [1.54, 1.807) is 0 Å². The molecule has 3 unspecified atom stereocenters. The van der Waals surface area contributed by atoms with Crippen molar-refractivity contribution in [2.45, 2.75) is 347 Å². The molecule has 12 heteroatoms. The van der Waals surface area contributed by atoms with Crippen molar-refractivity contribution in [3.05, 3.63) is 91.0 Å². The van der Waals surface area contributed by atoms with Crippen LogP contribution in [0.1, 0.15) is 277 Å². The maximum atomic E-state index is 7.37. The predicted octanol–water partition coefficient (Wildman–Crippen LogP) is 20.0. The van der Waals surface area contributed by atoms with Gasteiger partial charge in [0.2, 0.25) is 0 Å². The van der Waals surface area contributed by atoms with Crippen LogP contribution in [0.25, 0.3) is 0 Å². The van der Waals surface area contributed by atoms with Crippen molar-refractivity contribution in [1.82, 2.24) is 43.6 Å². The number of quaternary nitrogens is 3. The van der Waals surface area contributed by atoms with Crippen molar-refractivity contribution in [1.29, 1.82) is 0 Å². The molecule has 498 valence electrons. The smallest absolute Gasteiger partial charge is 0.295 e. The first kappa shape index (κ1) is 69.1. The zero-order chi connectivity index (χ0) is 64.2. The number of aromatic nitrogens is 3. The second-order valence-electron chi connectivity index (χ2n) is 33.1. The van der Waals surface area contributed by atoms with Gasteiger partial charge in [0, 0.05) is 71.8 Å². The third kappa shape index (κ3) is 14.2. The SMILES string of the molecule is CCCC[N+](c1ccccc1)(c1nc([N+](CCCC)(c2ccccc2)C2CC(C)(C)N(OC3CCCCC3)C(C)(C)C2)nc([N+](CCCC)(c2ccccc2)C2CC(C)(C)N(OC3CCCCC3)C(C)(C)C2)n1)C1CC(C)(C)N(OC2CCCCC2)C(C)(C)C1. The molecule has 0 radical (unpaired) electrons. The summed E-state index contributed by atoms with van der Waals surface area (Å²) in [5.41, 5.74) is 1.94. The molecule has 0 spiro atoms. The minimum absolute atomic E-state index is 0.0953. The molecule has 3 saturated heterocycles. The molecule has 3 atom stereocenters. The van der Waals surface area contributed by atoms with E-state index in [9.17, 15) is 0 Å². The van der Waals surface area contributed by atoms with Gasteiger partial charge in [-0.2, -0.15) is 15.2 Å². The van der Waals surface area contributed by atoms with Gasteiger partial charge in [-0.3, -0.25) is 14.5 Å². The van der Waals surface area contributed by atoms with E-state index in [1.807, 2.05) is 0 Å². The summed E-state index contributed by atoms with van der Waals surface area (Å²) in [5, 5.41) is 7.42. The molecule has 6 fully saturated rings. The van der Waals surface area contributed by atoms with E-state index in [-0.39, 0.29) is 69.7 Å². The Morgan fingerprint density at radius 1 is 0.333 bits per heavy atom. The Morgan fingerprint density at radius 2 is 0.544 bits per heavy atom. The number of hydroxylamine groups is 6. The Labute approximate surface area is 547 Å². The van der Waals surface area contributed by atoms with Crippen molar-refractivity contribution < 1.29 is 14.5 Å². The average molecular weight is 1240 g/mol. The average Bonchev–Trinajstić information content (AvgIpc) is 0.712. The number of rotatable bonds is 24. The first-order valence-corrected chi connectivity index (χ1v) is 36.9. The van der Waals surface area contributed by atoms with Crippen LogP contribution in [0.2, 0.25) is 0 Å². The molecule has 4 heterocycles. The standard InChI is InChI=1S/C78H126N9O3/c1-16-19-52-85(61-40-28-22-29-41-61,64-55-73(4,5)82(74(6,7)56-64)88-67-46-34-25-35-47-67)70-79-71(86(53-20-17-2,62-42-30-23-31-43-62)65-57-75(8,9)83(76(10,11)58-65)89-68-48-36-26-37-49-68)81-72(80-70)87(54-21-18-3,63-44-32-24-33-45-63)66-59-77(12,13)84(78(14,15)60-66)90-69-50-38-27-39-51-69/h22-24,28-33,40-45,64-69H,16-21,25-27,34-39,46-60H2,1-15H3/q+3. The molecule has 3 aliphatic heterocycles. The fraction of sp³-hybridized carbons (Fsp3) is 0.731. The van der Waals surface area contributed by atoms with Crippen LogP contribution in [0.15, 0.2) is 91.0 Å². The fourth-order valence-electron chi connectivity index (χ4n) is 19.3. The van der Waals surface area contributed by atoms with E-state index in [1.165, 1.54) is 74.8 Å². The van der Waals surface area contributed by atoms with Gasteiger partial charge in [-0.05, 0) is 177 Å². The Morgan fingerprint density at radius 3 is 0.744 bits per heavy atom. The number of para-hydroxylation sites is 3. The number of piperidine rings is 3. The Bertz CT molecular complexity index is 2510. The molecule has 12 nitrogen and oxygen atoms in total. The molecule has 3 saturated carbocycles. The summed E-state index contributed by atoms with van der Waals surface area (Å²) in [6.07, 6.45) is 30.5. The van der Waals surface area contributed by atoms with Crippen LogP contribution in [-0.2, 0) is 14.5 Å². The van der Waals surface area contributed by atoms with Crippen LogP contribution >= 0.6 is 0 Å². The van der Waals surface area contributed by atoms with E-state index < -0.39 is 0 Å². The second kappa shape index (κ2) is 28.3. The summed E-state index contributed by atoms with van der Waals surface area (Å²) in [7, 11) is 0. The maximum absolute atomic E-state index is 7.37. The topological polar surface area (TPSA) is 76.1 Å². The van der Waals surface area contributed by atoms with Crippen LogP contribution in [-0.4, -0.2) is 119 Å². The predicted molar refractivity (Wildman–Crippen MR) is 376 cm³/mol. The third-order valence-electron chi connectivity index (χ3n) is 22.9. The quantitative estimate of drug-likeness (QED) is 0.0638. The summed E-state index contributed by atoms with van der Waals surface area (Å²) in [6.45, 7) is 39.4. The molecule has 0 N–H and O–H groups in total. The monoisotopic (exact) mass is 1240 g/mol. The van der Waals surface area contributed by atoms with Crippen LogP contribution in [0.4, 0.5) is 34.9 Å². The second-order valence-corrected chi connectivity index (χ2v) is 33.1. The first-order valence-electron chi connectivity index (χ1n) is 36.9. The van der Waals surface area contributed by atoms with Gasteiger partial charge in [-0.25, -0.2) is 13.4 Å². The Kier molecular flexibility index (Phi) is 21.8. The molecule has 10 rings (SSSR count). The molecule has 90 heavy (non-hydrogen) atoms. The summed E-state index contributed by atoms with van der Waals surface area (Å²) in [5.74, 6) is 2.68. The lowest BCUT2D eigenvalue weighted by atomic mass is 9.76. The molecule has 0 amide bonds. The lowest BCUT2D eigenvalue weighted by Crippen LogP contribution is -2.70. The largest absolute Gasteiger partial charge is 0.347 e. The minimum Gasteiger partial charge on any atom is -0.295 e. The Balaban J connectivity index is 1.29. The summed E-state index contributed by atoms with van der Waals surface area (Å²) in [4.78, 5) is 41.8. The highest BCUT2D eigenvalue weighted by Crippen LogP contribution is 2.55. The van der Waals surface area contributed by atoms with Crippen molar-refractivity contribution in [3.8, 4) is 0 Å². The lowest BCUT2D eigenvalue weighted by molar-refractivity contribution is -0.313. The van der Waals surface area contributed by atoms with E-state index in [2.05, 4.69) is 210 Å². The van der Waals surface area contributed by atoms with Crippen molar-refractivity contribution >= 4 is 34.9 Å². The van der Waals surface area contributed by atoms with E-state index >= 15 is 0 Å². The lowest BCUT2D eigenvalue weighted by Gasteiger charge is -2.58. The number of hydrogen-bond acceptors (Lipinski definition) is 9. The highest BCUT2D eigenvalue weighted by atomic mass is 16.7. The van der Waals surface area contributed by atoms with Crippen molar-refractivity contribution in [2.24, 2.45) is 0 Å². The number of hydrogen-bond donors (Lipinski definition) is 0. The molecule has 4 aromatic rings. The van der Waals surface area contributed by atoms with Crippen molar-refractivity contribution in [3.63, 3.8) is 0 Å². The van der Waals surface area contributed by atoms with E-state index in [4.69, 9.17) is 29.5 Å². The highest BCUT2D eigenvalue weighted by Gasteiger charge is 2.62. The van der Waals surface area contributed by atoms with Gasteiger partial charge in [-0.1, -0.05) is 152 Å². The molecular weight excluding hydrogens is 1110 g/mol. The minimum atomic E-state index is -0.307. The summed E-state index contributed by atoms with van der Waals surface area (Å²) >= 11 is 0. The maximum Gasteiger partial charge on any atom is 0.347 e. The number of benzene rings is 3. The van der Waals surface area contributed by atoms with Gasteiger partial charge in [-0.15, -0.1) is 15.0 Å². The van der Waals surface area contributed by atoms with E-state index in [0.29, 0.717) is 13.4 Å².